The molecule has 5 nitrogen and oxygen atoms in total. The highest BCUT2D eigenvalue weighted by atomic mass is 15.2. The van der Waals surface area contributed by atoms with E-state index in [1.54, 1.807) is 0 Å². The molecule has 2 aromatic heterocycles. The highest BCUT2D eigenvalue weighted by Gasteiger charge is 2.13. The van der Waals surface area contributed by atoms with Gasteiger partial charge in [0.25, 0.3) is 0 Å². The summed E-state index contributed by atoms with van der Waals surface area (Å²) in [4.78, 5) is 4.71. The summed E-state index contributed by atoms with van der Waals surface area (Å²) in [6.07, 6.45) is 0. The van der Waals surface area contributed by atoms with Gasteiger partial charge in [0.15, 0.2) is 5.82 Å². The van der Waals surface area contributed by atoms with Gasteiger partial charge in [0.05, 0.1) is 16.4 Å². The van der Waals surface area contributed by atoms with Gasteiger partial charge in [-0.2, -0.15) is 5.10 Å². The minimum atomic E-state index is 0.448. The molecule has 4 aromatic rings. The molecule has 4 rings (SSSR count). The van der Waals surface area contributed by atoms with Crippen LogP contribution in [0.2, 0.25) is 0 Å². The average molecular weight is 289 g/mol. The van der Waals surface area contributed by atoms with Crippen molar-refractivity contribution in [2.75, 3.05) is 11.1 Å². The third kappa shape index (κ3) is 1.95. The molecule has 0 saturated heterocycles. The average Bonchev–Trinajstić information content (AvgIpc) is 2.90. The number of aromatic nitrogens is 3. The summed E-state index contributed by atoms with van der Waals surface area (Å²) in [7, 11) is 0. The Labute approximate surface area is 127 Å². The van der Waals surface area contributed by atoms with Gasteiger partial charge in [-0.3, -0.25) is 5.10 Å². The number of hydrogen-bond donors (Lipinski definition) is 3. The Morgan fingerprint density at radius 2 is 1.95 bits per heavy atom. The van der Waals surface area contributed by atoms with Crippen LogP contribution in [0, 0.1) is 6.92 Å². The molecular formula is C17H15N5. The number of H-pyrrole nitrogens is 1. The standard InChI is InChI=1S/C17H15N5/c1-10-5-4-6-11(9-10)19-17-14-15(21-22-16(14)18)12-7-2-3-8-13(12)20-17/h2-9H,1H3,(H,19,20)(H3,18,21,22). The molecule has 0 radical (unpaired) electrons. The molecule has 0 atom stereocenters. The molecule has 5 heteroatoms. The molecule has 0 spiro atoms. The van der Waals surface area contributed by atoms with Gasteiger partial charge in [-0.15, -0.1) is 0 Å². The fraction of sp³-hybridized carbons (Fsp3) is 0.0588. The second-order valence-corrected chi connectivity index (χ2v) is 5.33. The zero-order chi connectivity index (χ0) is 15.1. The first-order chi connectivity index (χ1) is 10.7. The summed E-state index contributed by atoms with van der Waals surface area (Å²) in [5.74, 6) is 1.16. The van der Waals surface area contributed by atoms with Crippen molar-refractivity contribution in [3.8, 4) is 0 Å². The molecule has 2 heterocycles. The van der Waals surface area contributed by atoms with E-state index in [2.05, 4.69) is 34.6 Å². The van der Waals surface area contributed by atoms with Crippen LogP contribution in [-0.2, 0) is 0 Å². The van der Waals surface area contributed by atoms with E-state index in [1.807, 2.05) is 36.4 Å². The van der Waals surface area contributed by atoms with Crippen molar-refractivity contribution in [2.24, 2.45) is 0 Å². The maximum Gasteiger partial charge on any atom is 0.156 e. The minimum Gasteiger partial charge on any atom is -0.382 e. The quantitative estimate of drug-likeness (QED) is 0.525. The molecule has 0 saturated carbocycles. The molecule has 22 heavy (non-hydrogen) atoms. The van der Waals surface area contributed by atoms with E-state index in [9.17, 15) is 0 Å². The highest BCUT2D eigenvalue weighted by Crippen LogP contribution is 2.32. The Balaban J connectivity index is 1.96. The van der Waals surface area contributed by atoms with E-state index in [4.69, 9.17) is 10.7 Å². The number of aryl methyl sites for hydroxylation is 1. The minimum absolute atomic E-state index is 0.448. The van der Waals surface area contributed by atoms with Gasteiger partial charge in [0, 0.05) is 11.1 Å². The SMILES string of the molecule is Cc1cccc(Nc2nc3ccccc3c3[nH]nc(N)c23)c1. The number of nitrogens with one attached hydrogen (secondary N) is 2. The predicted molar refractivity (Wildman–Crippen MR) is 90.3 cm³/mol. The topological polar surface area (TPSA) is 79.6 Å². The van der Waals surface area contributed by atoms with Crippen molar-refractivity contribution in [1.82, 2.24) is 15.2 Å². The Bertz CT molecular complexity index is 987. The van der Waals surface area contributed by atoms with Crippen molar-refractivity contribution in [3.63, 3.8) is 0 Å². The summed E-state index contributed by atoms with van der Waals surface area (Å²) in [6.45, 7) is 2.06. The van der Waals surface area contributed by atoms with Crippen molar-refractivity contribution in [1.29, 1.82) is 0 Å². The molecule has 0 bridgehead atoms. The summed E-state index contributed by atoms with van der Waals surface area (Å²) >= 11 is 0. The predicted octanol–water partition coefficient (Wildman–Crippen LogP) is 3.75. The molecular weight excluding hydrogens is 274 g/mol. The smallest absolute Gasteiger partial charge is 0.156 e. The number of para-hydroxylation sites is 1. The van der Waals surface area contributed by atoms with E-state index in [1.165, 1.54) is 5.56 Å². The lowest BCUT2D eigenvalue weighted by atomic mass is 10.1. The van der Waals surface area contributed by atoms with Crippen LogP contribution in [0.4, 0.5) is 17.3 Å². The molecule has 0 aliphatic carbocycles. The number of nitrogens with two attached hydrogens (primary N) is 1. The van der Waals surface area contributed by atoms with Crippen LogP contribution < -0.4 is 11.1 Å². The Morgan fingerprint density at radius 3 is 2.82 bits per heavy atom. The normalized spacial score (nSPS) is 11.1. The molecule has 0 unspecified atom stereocenters. The zero-order valence-corrected chi connectivity index (χ0v) is 12.1. The zero-order valence-electron chi connectivity index (χ0n) is 12.1. The molecule has 0 amide bonds. The lowest BCUT2D eigenvalue weighted by molar-refractivity contribution is 1.13. The van der Waals surface area contributed by atoms with Crippen molar-refractivity contribution < 1.29 is 0 Å². The first-order valence-corrected chi connectivity index (χ1v) is 7.08. The number of nitrogens with zero attached hydrogens (tertiary/aromatic N) is 2. The van der Waals surface area contributed by atoms with E-state index in [0.29, 0.717) is 11.6 Å². The van der Waals surface area contributed by atoms with Gasteiger partial charge in [-0.25, -0.2) is 4.98 Å². The molecule has 2 aromatic carbocycles. The molecule has 0 aliphatic rings. The first-order valence-electron chi connectivity index (χ1n) is 7.08. The monoisotopic (exact) mass is 289 g/mol. The first kappa shape index (κ1) is 12.6. The van der Waals surface area contributed by atoms with Gasteiger partial charge < -0.3 is 11.1 Å². The van der Waals surface area contributed by atoms with Crippen molar-refractivity contribution >= 4 is 39.1 Å². The van der Waals surface area contributed by atoms with E-state index < -0.39 is 0 Å². The van der Waals surface area contributed by atoms with Gasteiger partial charge in [-0.1, -0.05) is 30.3 Å². The summed E-state index contributed by atoms with van der Waals surface area (Å²) < 4.78 is 0. The van der Waals surface area contributed by atoms with Crippen LogP contribution in [0.15, 0.2) is 48.5 Å². The van der Waals surface area contributed by atoms with Gasteiger partial charge in [0.1, 0.15) is 5.82 Å². The van der Waals surface area contributed by atoms with Gasteiger partial charge >= 0.3 is 0 Å². The fourth-order valence-corrected chi connectivity index (χ4v) is 2.70. The maximum atomic E-state index is 6.03. The summed E-state index contributed by atoms with van der Waals surface area (Å²) in [5, 5.41) is 12.3. The third-order valence-electron chi connectivity index (χ3n) is 3.72. The van der Waals surface area contributed by atoms with Crippen LogP contribution in [-0.4, -0.2) is 15.2 Å². The number of rotatable bonds is 2. The second-order valence-electron chi connectivity index (χ2n) is 5.33. The van der Waals surface area contributed by atoms with E-state index >= 15 is 0 Å². The number of aromatic amines is 1. The Kier molecular flexibility index (Phi) is 2.72. The molecule has 4 N–H and O–H groups in total. The third-order valence-corrected chi connectivity index (χ3v) is 3.72. The number of anilines is 3. The number of fused-ring (bicyclic) bond motifs is 3. The van der Waals surface area contributed by atoms with Crippen molar-refractivity contribution in [2.45, 2.75) is 6.92 Å². The van der Waals surface area contributed by atoms with Crippen LogP contribution in [0.1, 0.15) is 5.56 Å². The summed E-state index contributed by atoms with van der Waals surface area (Å²) in [5.41, 5.74) is 9.99. The fourth-order valence-electron chi connectivity index (χ4n) is 2.70. The van der Waals surface area contributed by atoms with Crippen LogP contribution in [0.3, 0.4) is 0 Å². The molecule has 0 fully saturated rings. The number of hydrogen-bond acceptors (Lipinski definition) is 4. The van der Waals surface area contributed by atoms with E-state index in [0.717, 1.165) is 27.5 Å². The second kappa shape index (κ2) is 4.73. The number of pyridine rings is 1. The van der Waals surface area contributed by atoms with Crippen LogP contribution >= 0.6 is 0 Å². The number of benzene rings is 2. The Hall–Kier alpha value is -3.08. The Morgan fingerprint density at radius 1 is 1.09 bits per heavy atom. The van der Waals surface area contributed by atoms with Crippen molar-refractivity contribution in [3.05, 3.63) is 54.1 Å². The van der Waals surface area contributed by atoms with Crippen LogP contribution in [0.5, 0.6) is 0 Å². The van der Waals surface area contributed by atoms with E-state index in [-0.39, 0.29) is 0 Å². The van der Waals surface area contributed by atoms with Crippen LogP contribution in [0.25, 0.3) is 21.8 Å². The maximum absolute atomic E-state index is 6.03. The molecule has 108 valence electrons. The van der Waals surface area contributed by atoms with Gasteiger partial charge in [0.2, 0.25) is 0 Å². The molecule has 0 aliphatic heterocycles. The highest BCUT2D eigenvalue weighted by molar-refractivity contribution is 6.12. The lowest BCUT2D eigenvalue weighted by Crippen LogP contribution is -1.97. The summed E-state index contributed by atoms with van der Waals surface area (Å²) in [6, 6.07) is 16.1. The largest absolute Gasteiger partial charge is 0.382 e. The lowest BCUT2D eigenvalue weighted by Gasteiger charge is -2.09. The number of nitrogen functional groups attached to an aromatic ring is 1. The van der Waals surface area contributed by atoms with Gasteiger partial charge in [-0.05, 0) is 30.7 Å².